The zero-order chi connectivity index (χ0) is 12.6. The molecular formula is C10H20N2O4. The Morgan fingerprint density at radius 3 is 2.50 bits per heavy atom. The Labute approximate surface area is 95.4 Å². The Hall–Kier alpha value is -1.30. The van der Waals surface area contributed by atoms with Crippen LogP contribution in [0.2, 0.25) is 0 Å². The van der Waals surface area contributed by atoms with Crippen LogP contribution in [-0.2, 0) is 9.53 Å². The van der Waals surface area contributed by atoms with E-state index < -0.39 is 5.97 Å². The van der Waals surface area contributed by atoms with Crippen LogP contribution in [0.25, 0.3) is 0 Å². The van der Waals surface area contributed by atoms with E-state index in [-0.39, 0.29) is 12.1 Å². The summed E-state index contributed by atoms with van der Waals surface area (Å²) < 4.78 is 4.52. The van der Waals surface area contributed by atoms with Gasteiger partial charge in [0.1, 0.15) is 0 Å². The second-order valence-electron chi connectivity index (χ2n) is 3.73. The Kier molecular flexibility index (Phi) is 7.28. The molecular weight excluding hydrogens is 212 g/mol. The van der Waals surface area contributed by atoms with Gasteiger partial charge in [-0.3, -0.25) is 4.79 Å². The lowest BCUT2D eigenvalue weighted by atomic mass is 9.95. The Bertz CT molecular complexity index is 229. The molecule has 1 amide bonds. The molecule has 0 radical (unpaired) electrons. The number of carboxylic acid groups (broad SMARTS) is 1. The summed E-state index contributed by atoms with van der Waals surface area (Å²) in [5.74, 6) is -0.301. The molecule has 0 aromatic heterocycles. The van der Waals surface area contributed by atoms with Gasteiger partial charge in [0.25, 0.3) is 5.97 Å². The summed E-state index contributed by atoms with van der Waals surface area (Å²) in [6.45, 7) is 5.11. The Morgan fingerprint density at radius 1 is 1.50 bits per heavy atom. The molecule has 1 heterocycles. The highest BCUT2D eigenvalue weighted by molar-refractivity contribution is 5.67. The highest BCUT2D eigenvalue weighted by atomic mass is 16.5. The standard InChI is InChI=1S/C8H16N2O2.C2H4O2/c1-6-3-4-9-5-7(6)10-8(11)12-2;1-2(3)4/h6-7,9H,3-5H2,1-2H3,(H,10,11);1H3,(H,3,4). The first-order valence-electron chi connectivity index (χ1n) is 5.22. The van der Waals surface area contributed by atoms with Gasteiger partial charge in [0.05, 0.1) is 7.11 Å². The van der Waals surface area contributed by atoms with Gasteiger partial charge in [0.15, 0.2) is 0 Å². The highest BCUT2D eigenvalue weighted by Gasteiger charge is 2.22. The van der Waals surface area contributed by atoms with Crippen molar-refractivity contribution in [3.8, 4) is 0 Å². The first-order chi connectivity index (χ1) is 7.47. The van der Waals surface area contributed by atoms with Crippen LogP contribution < -0.4 is 10.6 Å². The first-order valence-corrected chi connectivity index (χ1v) is 5.22. The smallest absolute Gasteiger partial charge is 0.407 e. The third-order valence-electron chi connectivity index (χ3n) is 2.32. The molecule has 1 saturated heterocycles. The molecule has 6 heteroatoms. The zero-order valence-corrected chi connectivity index (χ0v) is 9.95. The minimum atomic E-state index is -0.833. The van der Waals surface area contributed by atoms with Gasteiger partial charge in [-0.2, -0.15) is 0 Å². The van der Waals surface area contributed by atoms with Crippen LogP contribution >= 0.6 is 0 Å². The van der Waals surface area contributed by atoms with Gasteiger partial charge in [-0.05, 0) is 18.9 Å². The van der Waals surface area contributed by atoms with Crippen LogP contribution in [0, 0.1) is 5.92 Å². The van der Waals surface area contributed by atoms with Gasteiger partial charge >= 0.3 is 6.09 Å². The quantitative estimate of drug-likeness (QED) is 0.610. The van der Waals surface area contributed by atoms with Crippen LogP contribution in [0.4, 0.5) is 4.79 Å². The summed E-state index contributed by atoms with van der Waals surface area (Å²) in [4.78, 5) is 19.9. The van der Waals surface area contributed by atoms with E-state index in [1.54, 1.807) is 0 Å². The van der Waals surface area contributed by atoms with Gasteiger partial charge in [-0.1, -0.05) is 6.92 Å². The highest BCUT2D eigenvalue weighted by Crippen LogP contribution is 2.10. The Balaban J connectivity index is 0.000000487. The molecule has 1 rings (SSSR count). The third kappa shape index (κ3) is 7.05. The molecule has 6 nitrogen and oxygen atoms in total. The van der Waals surface area contributed by atoms with Crippen molar-refractivity contribution in [1.29, 1.82) is 0 Å². The number of amides is 1. The van der Waals surface area contributed by atoms with Crippen LogP contribution in [0.3, 0.4) is 0 Å². The predicted molar refractivity (Wildman–Crippen MR) is 59.3 cm³/mol. The molecule has 0 saturated carbocycles. The maximum atomic E-state index is 10.9. The summed E-state index contributed by atoms with van der Waals surface area (Å²) in [6, 6.07) is 0.214. The summed E-state index contributed by atoms with van der Waals surface area (Å²) in [5, 5.41) is 13.4. The van der Waals surface area contributed by atoms with Crippen molar-refractivity contribution >= 4 is 12.1 Å². The molecule has 1 aliphatic rings. The number of piperidine rings is 1. The van der Waals surface area contributed by atoms with Crippen molar-refractivity contribution in [2.75, 3.05) is 20.2 Å². The maximum Gasteiger partial charge on any atom is 0.407 e. The van der Waals surface area contributed by atoms with Gasteiger partial charge in [-0.15, -0.1) is 0 Å². The minimum absolute atomic E-state index is 0.214. The number of ether oxygens (including phenoxy) is 1. The number of hydrogen-bond acceptors (Lipinski definition) is 4. The molecule has 3 N–H and O–H groups in total. The van der Waals surface area contributed by atoms with E-state index in [1.807, 2.05) is 0 Å². The fourth-order valence-electron chi connectivity index (χ4n) is 1.39. The minimum Gasteiger partial charge on any atom is -0.481 e. The number of nitrogens with one attached hydrogen (secondary N) is 2. The third-order valence-corrected chi connectivity index (χ3v) is 2.32. The molecule has 94 valence electrons. The van der Waals surface area contributed by atoms with Crippen molar-refractivity contribution in [2.45, 2.75) is 26.3 Å². The van der Waals surface area contributed by atoms with E-state index in [2.05, 4.69) is 22.3 Å². The molecule has 2 atom stereocenters. The monoisotopic (exact) mass is 232 g/mol. The van der Waals surface area contributed by atoms with Crippen molar-refractivity contribution in [2.24, 2.45) is 5.92 Å². The van der Waals surface area contributed by atoms with E-state index in [0.29, 0.717) is 5.92 Å². The molecule has 0 bridgehead atoms. The maximum absolute atomic E-state index is 10.9. The second-order valence-corrected chi connectivity index (χ2v) is 3.73. The summed E-state index contributed by atoms with van der Waals surface area (Å²) in [5.41, 5.74) is 0. The van der Waals surface area contributed by atoms with Crippen molar-refractivity contribution < 1.29 is 19.4 Å². The van der Waals surface area contributed by atoms with Crippen LogP contribution in [0.1, 0.15) is 20.3 Å². The van der Waals surface area contributed by atoms with Crippen molar-refractivity contribution in [3.05, 3.63) is 0 Å². The molecule has 0 aromatic carbocycles. The number of methoxy groups -OCH3 is 1. The first kappa shape index (κ1) is 14.7. The van der Waals surface area contributed by atoms with E-state index >= 15 is 0 Å². The average Bonchev–Trinajstić information content (AvgIpc) is 2.20. The molecule has 0 spiro atoms. The largest absolute Gasteiger partial charge is 0.481 e. The fraction of sp³-hybridized carbons (Fsp3) is 0.800. The number of carboxylic acids is 1. The SMILES string of the molecule is CC(=O)O.COC(=O)NC1CNCCC1C. The number of alkyl carbamates (subject to hydrolysis) is 1. The Morgan fingerprint density at radius 2 is 2.06 bits per heavy atom. The van der Waals surface area contributed by atoms with Crippen molar-refractivity contribution in [1.82, 2.24) is 10.6 Å². The van der Waals surface area contributed by atoms with E-state index in [9.17, 15) is 4.79 Å². The van der Waals surface area contributed by atoms with Crippen LogP contribution in [0.15, 0.2) is 0 Å². The molecule has 1 fully saturated rings. The number of hydrogen-bond donors (Lipinski definition) is 3. The molecule has 0 aromatic rings. The number of carbonyl (C=O) groups excluding carboxylic acids is 1. The predicted octanol–water partition coefficient (Wildman–Crippen LogP) is 0.431. The van der Waals surface area contributed by atoms with E-state index in [1.165, 1.54) is 7.11 Å². The summed E-state index contributed by atoms with van der Waals surface area (Å²) in [6.07, 6.45) is 0.768. The average molecular weight is 232 g/mol. The number of carbonyl (C=O) groups is 2. The van der Waals surface area contributed by atoms with Gasteiger partial charge in [0.2, 0.25) is 0 Å². The number of rotatable bonds is 1. The zero-order valence-electron chi connectivity index (χ0n) is 9.95. The topological polar surface area (TPSA) is 87.7 Å². The van der Waals surface area contributed by atoms with E-state index in [0.717, 1.165) is 26.4 Å². The lowest BCUT2D eigenvalue weighted by Gasteiger charge is -2.29. The lowest BCUT2D eigenvalue weighted by Crippen LogP contribution is -2.50. The van der Waals surface area contributed by atoms with Gasteiger partial charge in [0, 0.05) is 19.5 Å². The molecule has 0 aliphatic carbocycles. The van der Waals surface area contributed by atoms with Crippen LogP contribution in [-0.4, -0.2) is 43.4 Å². The van der Waals surface area contributed by atoms with E-state index in [4.69, 9.17) is 9.90 Å². The second kappa shape index (κ2) is 7.92. The summed E-state index contributed by atoms with van der Waals surface area (Å²) >= 11 is 0. The fourth-order valence-corrected chi connectivity index (χ4v) is 1.39. The molecule has 1 aliphatic heterocycles. The lowest BCUT2D eigenvalue weighted by molar-refractivity contribution is -0.134. The normalized spacial score (nSPS) is 23.7. The molecule has 2 unspecified atom stereocenters. The van der Waals surface area contributed by atoms with Gasteiger partial charge in [-0.25, -0.2) is 4.79 Å². The van der Waals surface area contributed by atoms with Gasteiger partial charge < -0.3 is 20.5 Å². The molecule has 16 heavy (non-hydrogen) atoms. The van der Waals surface area contributed by atoms with Crippen molar-refractivity contribution in [3.63, 3.8) is 0 Å². The van der Waals surface area contributed by atoms with Crippen LogP contribution in [0.5, 0.6) is 0 Å². The summed E-state index contributed by atoms with van der Waals surface area (Å²) in [7, 11) is 1.39. The number of aliphatic carboxylic acids is 1.